The fourth-order valence-corrected chi connectivity index (χ4v) is 5.66. The van der Waals surface area contributed by atoms with E-state index in [-0.39, 0.29) is 5.56 Å². The van der Waals surface area contributed by atoms with Crippen molar-refractivity contribution in [3.63, 3.8) is 0 Å². The molecule has 1 aliphatic rings. The molecular weight excluding hydrogens is 468 g/mol. The average molecular weight is 501 g/mol. The summed E-state index contributed by atoms with van der Waals surface area (Å²) in [6.45, 7) is 13.1. The molecular formula is C28H32N4O3Si. The van der Waals surface area contributed by atoms with Crippen molar-refractivity contribution in [2.75, 3.05) is 5.32 Å². The summed E-state index contributed by atoms with van der Waals surface area (Å²) in [6.07, 6.45) is 0.393. The Morgan fingerprint density at radius 3 is 2.50 bits per heavy atom. The second kappa shape index (κ2) is 8.55. The van der Waals surface area contributed by atoms with Crippen LogP contribution in [-0.4, -0.2) is 34.3 Å². The molecule has 1 aliphatic heterocycles. The molecule has 0 aliphatic carbocycles. The molecule has 0 saturated heterocycles. The molecule has 1 amide bonds. The lowest BCUT2D eigenvalue weighted by atomic mass is 9.98. The van der Waals surface area contributed by atoms with Gasteiger partial charge in [-0.2, -0.15) is 0 Å². The Bertz CT molecular complexity index is 1580. The summed E-state index contributed by atoms with van der Waals surface area (Å²) in [4.78, 5) is 35.6. The van der Waals surface area contributed by atoms with Crippen LogP contribution in [0.2, 0.25) is 25.7 Å². The molecule has 0 fully saturated rings. The van der Waals surface area contributed by atoms with Gasteiger partial charge in [0.1, 0.15) is 11.3 Å². The van der Waals surface area contributed by atoms with E-state index >= 15 is 0 Å². The van der Waals surface area contributed by atoms with Crippen LogP contribution < -0.4 is 10.9 Å². The third kappa shape index (κ3) is 4.65. The van der Waals surface area contributed by atoms with Gasteiger partial charge in [-0.3, -0.25) is 14.7 Å². The van der Waals surface area contributed by atoms with Crippen LogP contribution in [0.15, 0.2) is 47.3 Å². The van der Waals surface area contributed by atoms with Crippen LogP contribution in [0.25, 0.3) is 33.3 Å². The first kappa shape index (κ1) is 24.2. The van der Waals surface area contributed by atoms with Crippen molar-refractivity contribution >= 4 is 41.7 Å². The molecule has 0 radical (unpaired) electrons. The van der Waals surface area contributed by atoms with Gasteiger partial charge in [-0.15, -0.1) is 0 Å². The molecule has 0 atom stereocenters. The van der Waals surface area contributed by atoms with Gasteiger partial charge in [0.05, 0.1) is 23.0 Å². The minimum atomic E-state index is -1.35. The highest BCUT2D eigenvalue weighted by Crippen LogP contribution is 2.37. The predicted octanol–water partition coefficient (Wildman–Crippen LogP) is 6.20. The monoisotopic (exact) mass is 500 g/mol. The lowest BCUT2D eigenvalue weighted by molar-refractivity contribution is 0.0636. The lowest BCUT2D eigenvalue weighted by Crippen LogP contribution is -2.27. The molecule has 5 rings (SSSR count). The van der Waals surface area contributed by atoms with Gasteiger partial charge >= 0.3 is 6.09 Å². The van der Waals surface area contributed by atoms with Crippen LogP contribution in [0.3, 0.4) is 0 Å². The van der Waals surface area contributed by atoms with Crippen molar-refractivity contribution in [2.45, 2.75) is 65.0 Å². The number of pyridine rings is 1. The molecule has 8 heteroatoms. The molecule has 2 aromatic carbocycles. The second-order valence-electron chi connectivity index (χ2n) is 11.7. The summed E-state index contributed by atoms with van der Waals surface area (Å²) in [5.41, 5.74) is 4.55. The second-order valence-corrected chi connectivity index (χ2v) is 17.3. The van der Waals surface area contributed by atoms with Gasteiger partial charge in [0, 0.05) is 24.7 Å². The Hall–Kier alpha value is -3.52. The van der Waals surface area contributed by atoms with Crippen LogP contribution in [0, 0.1) is 0 Å². The van der Waals surface area contributed by atoms with Crippen molar-refractivity contribution < 1.29 is 9.53 Å². The van der Waals surface area contributed by atoms with E-state index in [0.29, 0.717) is 29.0 Å². The maximum atomic E-state index is 13.3. The van der Waals surface area contributed by atoms with Crippen LogP contribution >= 0.6 is 0 Å². The molecule has 0 saturated carbocycles. The van der Waals surface area contributed by atoms with E-state index in [1.54, 1.807) is 4.57 Å². The van der Waals surface area contributed by atoms with Crippen molar-refractivity contribution in [3.8, 4) is 11.5 Å². The Labute approximate surface area is 211 Å². The Morgan fingerprint density at radius 1 is 1.06 bits per heavy atom. The molecule has 7 nitrogen and oxygen atoms in total. The van der Waals surface area contributed by atoms with E-state index in [2.05, 4.69) is 25.0 Å². The Balaban J connectivity index is 1.65. The number of benzene rings is 2. The maximum Gasteiger partial charge on any atom is 0.412 e. The van der Waals surface area contributed by atoms with Gasteiger partial charge in [-0.05, 0) is 63.1 Å². The lowest BCUT2D eigenvalue weighted by Gasteiger charge is -2.20. The minimum absolute atomic E-state index is 0.0407. The van der Waals surface area contributed by atoms with Gasteiger partial charge in [-0.1, -0.05) is 37.8 Å². The van der Waals surface area contributed by atoms with Crippen molar-refractivity contribution in [3.05, 3.63) is 63.9 Å². The van der Waals surface area contributed by atoms with Crippen LogP contribution in [0.4, 0.5) is 10.5 Å². The largest absolute Gasteiger partial charge is 0.444 e. The minimum Gasteiger partial charge on any atom is -0.444 e. The summed E-state index contributed by atoms with van der Waals surface area (Å²) in [5, 5.41) is 4.47. The number of ether oxygens (including phenoxy) is 1. The summed E-state index contributed by atoms with van der Waals surface area (Å²) in [5.74, 6) is 0.626. The summed E-state index contributed by atoms with van der Waals surface area (Å²) in [7, 11) is -1.35. The number of nitrogens with zero attached hydrogens (tertiary/aromatic N) is 3. The normalized spacial score (nSPS) is 13.1. The van der Waals surface area contributed by atoms with Gasteiger partial charge in [0.25, 0.3) is 5.56 Å². The topological polar surface area (TPSA) is 86.1 Å². The molecule has 4 aromatic rings. The van der Waals surface area contributed by atoms with Gasteiger partial charge in [-0.25, -0.2) is 14.8 Å². The highest BCUT2D eigenvalue weighted by atomic mass is 28.3. The van der Waals surface area contributed by atoms with E-state index in [9.17, 15) is 9.59 Å². The summed E-state index contributed by atoms with van der Waals surface area (Å²) >= 11 is 0. The molecule has 186 valence electrons. The van der Waals surface area contributed by atoms with Crippen molar-refractivity contribution in [1.82, 2.24) is 14.5 Å². The van der Waals surface area contributed by atoms with Crippen LogP contribution in [-0.2, 0) is 17.7 Å². The van der Waals surface area contributed by atoms with Gasteiger partial charge < -0.3 is 4.74 Å². The first-order valence-electron chi connectivity index (χ1n) is 12.4. The molecule has 36 heavy (non-hydrogen) atoms. The SMILES string of the molecule is CC(C)(C)OC(=O)Nc1ccc2nc3c(c(CC[Si](C)(C)C)c2c1)Cn1c-3nc2ccccc2c1=O. The van der Waals surface area contributed by atoms with Crippen LogP contribution in [0.1, 0.15) is 31.9 Å². The summed E-state index contributed by atoms with van der Waals surface area (Å²) < 4.78 is 7.18. The van der Waals surface area contributed by atoms with Crippen molar-refractivity contribution in [2.24, 2.45) is 0 Å². The number of fused-ring (bicyclic) bond motifs is 5. The maximum absolute atomic E-state index is 13.3. The number of amides is 1. The number of hydrogen-bond acceptors (Lipinski definition) is 5. The number of aryl methyl sites for hydroxylation is 1. The molecule has 0 bridgehead atoms. The molecule has 0 unspecified atom stereocenters. The smallest absolute Gasteiger partial charge is 0.412 e. The number of rotatable bonds is 4. The van der Waals surface area contributed by atoms with E-state index in [1.807, 2.05) is 63.2 Å². The van der Waals surface area contributed by atoms with Gasteiger partial charge in [0.15, 0.2) is 5.82 Å². The zero-order valence-corrected chi connectivity index (χ0v) is 22.7. The third-order valence-corrected chi connectivity index (χ3v) is 8.11. The zero-order chi connectivity index (χ0) is 25.8. The molecule has 1 N–H and O–H groups in total. The van der Waals surface area contributed by atoms with E-state index in [0.717, 1.165) is 34.6 Å². The first-order chi connectivity index (χ1) is 16.9. The first-order valence-corrected chi connectivity index (χ1v) is 16.1. The fourth-order valence-electron chi connectivity index (χ4n) is 4.66. The average Bonchev–Trinajstić information content (AvgIpc) is 3.13. The van der Waals surface area contributed by atoms with Crippen LogP contribution in [0.5, 0.6) is 0 Å². The van der Waals surface area contributed by atoms with Gasteiger partial charge in [0.2, 0.25) is 0 Å². The van der Waals surface area contributed by atoms with E-state index in [1.165, 1.54) is 5.56 Å². The quantitative estimate of drug-likeness (QED) is 0.297. The van der Waals surface area contributed by atoms with E-state index < -0.39 is 19.8 Å². The number of para-hydroxylation sites is 1. The Kier molecular flexibility index (Phi) is 5.74. The number of anilines is 1. The Morgan fingerprint density at radius 2 is 1.78 bits per heavy atom. The number of aromatic nitrogens is 3. The standard InChI is InChI=1S/C28H32N4O3Si/c1-28(2,3)35-27(34)29-17-11-12-23-20(15-17)18(13-14-36(4,5)6)21-16-32-25(24(21)30-23)31-22-10-8-7-9-19(22)26(32)33/h7-12,15H,13-14,16H2,1-6H3,(H,29,34). The number of carbonyl (C=O) groups is 1. The third-order valence-electron chi connectivity index (χ3n) is 6.36. The number of nitrogens with one attached hydrogen (secondary N) is 1. The fraction of sp³-hybridized carbons (Fsp3) is 0.357. The number of hydrogen-bond donors (Lipinski definition) is 1. The summed E-state index contributed by atoms with van der Waals surface area (Å²) in [6, 6.07) is 14.3. The molecule has 2 aromatic heterocycles. The molecule has 0 spiro atoms. The highest BCUT2D eigenvalue weighted by molar-refractivity contribution is 6.76. The predicted molar refractivity (Wildman–Crippen MR) is 148 cm³/mol. The zero-order valence-electron chi connectivity index (χ0n) is 21.7. The van der Waals surface area contributed by atoms with Crippen molar-refractivity contribution in [1.29, 1.82) is 0 Å². The number of carbonyl (C=O) groups excluding carboxylic acids is 1. The molecule has 3 heterocycles. The van der Waals surface area contributed by atoms with E-state index in [4.69, 9.17) is 14.7 Å². The highest BCUT2D eigenvalue weighted by Gasteiger charge is 2.29.